The summed E-state index contributed by atoms with van der Waals surface area (Å²) >= 11 is 0. The molecule has 0 heterocycles. The molecule has 0 aromatic carbocycles. The molecule has 0 rings (SSSR count). The lowest BCUT2D eigenvalue weighted by Gasteiger charge is -2.19. The van der Waals surface area contributed by atoms with Crippen molar-refractivity contribution in [3.8, 4) is 0 Å². The Morgan fingerprint density at radius 3 is 0.986 bits per heavy atom. The Morgan fingerprint density at radius 2 is 0.634 bits per heavy atom. The molecule has 2 atom stereocenters. The summed E-state index contributed by atoms with van der Waals surface area (Å²) in [5.41, 5.74) is 0. The molecule has 0 aliphatic heterocycles. The zero-order valence-corrected chi connectivity index (χ0v) is 46.4. The van der Waals surface area contributed by atoms with Crippen molar-refractivity contribution in [3.63, 3.8) is 0 Å². The third-order valence-electron chi connectivity index (χ3n) is 12.8. The predicted molar refractivity (Wildman–Crippen MR) is 317 cm³/mol. The third-order valence-corrected chi connectivity index (χ3v) is 12.8. The minimum Gasteiger partial charge on any atom is -0.394 e. The van der Waals surface area contributed by atoms with Gasteiger partial charge in [0, 0.05) is 6.42 Å². The molecule has 0 fully saturated rings. The largest absolute Gasteiger partial charge is 0.394 e. The lowest BCUT2D eigenvalue weighted by molar-refractivity contribution is -0.123. The Labute approximate surface area is 441 Å². The molecule has 0 saturated carbocycles. The number of aliphatic hydroxyl groups excluding tert-OH is 2. The van der Waals surface area contributed by atoms with Crippen LogP contribution in [0.15, 0.2) is 134 Å². The number of amides is 1. The highest BCUT2D eigenvalue weighted by molar-refractivity contribution is 5.76. The molecule has 0 aliphatic rings. The van der Waals surface area contributed by atoms with Crippen LogP contribution < -0.4 is 5.32 Å². The molecule has 0 aromatic heterocycles. The number of unbranched alkanes of at least 4 members (excludes halogenated alkanes) is 26. The second kappa shape index (κ2) is 60.8. The number of aliphatic hydroxyl groups is 2. The lowest BCUT2D eigenvalue weighted by atomic mass is 10.0. The molecule has 4 heteroatoms. The minimum absolute atomic E-state index is 0.0968. The van der Waals surface area contributed by atoms with Crippen LogP contribution in [0.4, 0.5) is 0 Å². The van der Waals surface area contributed by atoms with E-state index in [0.717, 1.165) is 103 Å². The van der Waals surface area contributed by atoms with Crippen molar-refractivity contribution >= 4 is 5.91 Å². The van der Waals surface area contributed by atoms with Crippen LogP contribution >= 0.6 is 0 Å². The Morgan fingerprint density at radius 1 is 0.352 bits per heavy atom. The van der Waals surface area contributed by atoms with Gasteiger partial charge in [-0.15, -0.1) is 0 Å². The molecular formula is C67H113NO3. The molecule has 2 unspecified atom stereocenters. The number of hydrogen-bond acceptors (Lipinski definition) is 3. The van der Waals surface area contributed by atoms with Crippen molar-refractivity contribution in [2.45, 2.75) is 276 Å². The van der Waals surface area contributed by atoms with E-state index in [1.54, 1.807) is 6.08 Å². The molecule has 0 aliphatic carbocycles. The highest BCUT2D eigenvalue weighted by Gasteiger charge is 2.18. The SMILES string of the molecule is CC/C=C\C/C=C\C/C=C\C/C=C\C/C=C\C/C=C\C/C=C\C/C=C\CCCCCCCCC(=O)NC(CO)C(O)/C=C/CC/C=C/CC/C=C/CCCCCCCCCCCCCCCCCCCC. The van der Waals surface area contributed by atoms with Gasteiger partial charge in [0.05, 0.1) is 18.8 Å². The summed E-state index contributed by atoms with van der Waals surface area (Å²) in [5.74, 6) is -0.0968. The first-order chi connectivity index (χ1) is 35.2. The fourth-order valence-corrected chi connectivity index (χ4v) is 8.34. The van der Waals surface area contributed by atoms with Crippen molar-refractivity contribution in [1.82, 2.24) is 5.32 Å². The van der Waals surface area contributed by atoms with Crippen LogP contribution in [-0.2, 0) is 4.79 Å². The fourth-order valence-electron chi connectivity index (χ4n) is 8.34. The van der Waals surface area contributed by atoms with Gasteiger partial charge in [0.1, 0.15) is 0 Å². The summed E-state index contributed by atoms with van der Waals surface area (Å²) in [5, 5.41) is 23.2. The Hall–Kier alpha value is -3.47. The van der Waals surface area contributed by atoms with Crippen LogP contribution in [-0.4, -0.2) is 34.9 Å². The summed E-state index contributed by atoms with van der Waals surface area (Å²) < 4.78 is 0. The van der Waals surface area contributed by atoms with E-state index in [9.17, 15) is 15.0 Å². The zero-order valence-electron chi connectivity index (χ0n) is 46.4. The van der Waals surface area contributed by atoms with E-state index in [0.29, 0.717) is 6.42 Å². The van der Waals surface area contributed by atoms with Crippen LogP contribution in [0.25, 0.3) is 0 Å². The van der Waals surface area contributed by atoms with Crippen LogP contribution in [0.3, 0.4) is 0 Å². The molecule has 1 amide bonds. The Kier molecular flexibility index (Phi) is 57.9. The highest BCUT2D eigenvalue weighted by atomic mass is 16.3. The van der Waals surface area contributed by atoms with E-state index in [2.05, 4.69) is 141 Å². The zero-order chi connectivity index (χ0) is 51.3. The van der Waals surface area contributed by atoms with Gasteiger partial charge in [-0.05, 0) is 109 Å². The van der Waals surface area contributed by atoms with Crippen molar-refractivity contribution in [1.29, 1.82) is 0 Å². The maximum atomic E-state index is 12.5. The normalized spacial score (nSPS) is 13.8. The highest BCUT2D eigenvalue weighted by Crippen LogP contribution is 2.15. The molecule has 71 heavy (non-hydrogen) atoms. The van der Waals surface area contributed by atoms with Crippen LogP contribution in [0.1, 0.15) is 264 Å². The van der Waals surface area contributed by atoms with Gasteiger partial charge in [-0.2, -0.15) is 0 Å². The maximum Gasteiger partial charge on any atom is 0.220 e. The van der Waals surface area contributed by atoms with Gasteiger partial charge >= 0.3 is 0 Å². The van der Waals surface area contributed by atoms with Crippen LogP contribution in [0.2, 0.25) is 0 Å². The number of nitrogens with one attached hydrogen (secondary N) is 1. The smallest absolute Gasteiger partial charge is 0.220 e. The monoisotopic (exact) mass is 980 g/mol. The van der Waals surface area contributed by atoms with Gasteiger partial charge in [0.25, 0.3) is 0 Å². The first-order valence-electron chi connectivity index (χ1n) is 29.9. The molecular weight excluding hydrogens is 867 g/mol. The second-order valence-corrected chi connectivity index (χ2v) is 19.7. The summed E-state index contributed by atoms with van der Waals surface area (Å²) in [6, 6.07) is -0.666. The fraction of sp³-hybridized carbons (Fsp3) is 0.657. The summed E-state index contributed by atoms with van der Waals surface area (Å²) in [4.78, 5) is 12.5. The van der Waals surface area contributed by atoms with E-state index in [-0.39, 0.29) is 12.5 Å². The Bertz CT molecular complexity index is 1440. The predicted octanol–water partition coefficient (Wildman–Crippen LogP) is 20.2. The number of hydrogen-bond donors (Lipinski definition) is 3. The average molecular weight is 981 g/mol. The lowest BCUT2D eigenvalue weighted by Crippen LogP contribution is -2.45. The van der Waals surface area contributed by atoms with Gasteiger partial charge < -0.3 is 15.5 Å². The van der Waals surface area contributed by atoms with Gasteiger partial charge in [-0.25, -0.2) is 0 Å². The first kappa shape index (κ1) is 67.5. The average Bonchev–Trinajstić information content (AvgIpc) is 3.37. The molecule has 4 nitrogen and oxygen atoms in total. The summed E-state index contributed by atoms with van der Waals surface area (Å²) in [7, 11) is 0. The minimum atomic E-state index is -0.888. The topological polar surface area (TPSA) is 69.6 Å². The van der Waals surface area contributed by atoms with Crippen LogP contribution in [0, 0.1) is 0 Å². The first-order valence-corrected chi connectivity index (χ1v) is 29.9. The van der Waals surface area contributed by atoms with Crippen molar-refractivity contribution in [2.75, 3.05) is 6.61 Å². The van der Waals surface area contributed by atoms with Crippen molar-refractivity contribution in [3.05, 3.63) is 134 Å². The summed E-state index contributed by atoms with van der Waals surface area (Å²) in [6.07, 6.45) is 94.8. The molecule has 404 valence electrons. The van der Waals surface area contributed by atoms with E-state index in [4.69, 9.17) is 0 Å². The Balaban J connectivity index is 3.67. The van der Waals surface area contributed by atoms with Crippen molar-refractivity contribution in [2.24, 2.45) is 0 Å². The summed E-state index contributed by atoms with van der Waals surface area (Å²) in [6.45, 7) is 4.18. The van der Waals surface area contributed by atoms with E-state index < -0.39 is 12.1 Å². The van der Waals surface area contributed by atoms with Gasteiger partial charge in [-0.1, -0.05) is 282 Å². The maximum absolute atomic E-state index is 12.5. The molecule has 0 radical (unpaired) electrons. The van der Waals surface area contributed by atoms with Crippen LogP contribution in [0.5, 0.6) is 0 Å². The molecule has 3 N–H and O–H groups in total. The second-order valence-electron chi connectivity index (χ2n) is 19.7. The van der Waals surface area contributed by atoms with Gasteiger partial charge in [-0.3, -0.25) is 4.79 Å². The standard InChI is InChI=1S/C67H113NO3/c1-3-5-7-9-11-13-15-17-19-21-23-25-27-29-31-33-34-35-37-39-41-43-45-47-49-51-53-55-57-59-61-63-67(71)68-65(64-69)66(70)62-60-58-56-54-52-50-48-46-44-42-40-38-36-32-30-28-26-24-22-20-18-16-14-12-10-8-6-4-2/h5,7,11,13,17,19,23,25,29,31,34-35,39,41,44-47,52,54,60,62,65-66,69-70H,3-4,6,8-10,12,14-16,18,20-22,24,26-28,30,32-33,36-38,40,42-43,48-51,53,55-59,61,63-64H2,1-2H3,(H,68,71)/b7-5-,13-11-,19-17-,25-23-,31-29-,35-34-,41-39-,46-44+,47-45-,54-52+,62-60+. The molecule has 0 bridgehead atoms. The molecule has 0 spiro atoms. The number of rotatable bonds is 53. The van der Waals surface area contributed by atoms with Crippen molar-refractivity contribution < 1.29 is 15.0 Å². The third kappa shape index (κ3) is 57.3. The molecule has 0 aromatic rings. The number of allylic oxidation sites excluding steroid dienone is 21. The van der Waals surface area contributed by atoms with E-state index >= 15 is 0 Å². The van der Waals surface area contributed by atoms with Gasteiger partial charge in [0.15, 0.2) is 0 Å². The molecule has 0 saturated heterocycles. The van der Waals surface area contributed by atoms with E-state index in [1.165, 1.54) is 141 Å². The number of carbonyl (C=O) groups is 1. The van der Waals surface area contributed by atoms with Gasteiger partial charge in [0.2, 0.25) is 5.91 Å². The van der Waals surface area contributed by atoms with E-state index in [1.807, 2.05) is 6.08 Å². The quantitative estimate of drug-likeness (QED) is 0.0420. The number of carbonyl (C=O) groups excluding carboxylic acids is 1.